The number of pyridine rings is 1. The topological polar surface area (TPSA) is 62.3 Å². The van der Waals surface area contributed by atoms with E-state index < -0.39 is 0 Å². The van der Waals surface area contributed by atoms with E-state index in [4.69, 9.17) is 0 Å². The molecule has 21 heavy (non-hydrogen) atoms. The Kier molecular flexibility index (Phi) is 3.39. The van der Waals surface area contributed by atoms with Crippen LogP contribution in [0.3, 0.4) is 0 Å². The summed E-state index contributed by atoms with van der Waals surface area (Å²) in [7, 11) is 1.71. The minimum Gasteiger partial charge on any atom is -0.341 e. The van der Waals surface area contributed by atoms with Crippen molar-refractivity contribution in [3.63, 3.8) is 0 Å². The minimum atomic E-state index is -0.371. The third-order valence-corrected chi connectivity index (χ3v) is 3.62. The molecule has 5 nitrogen and oxygen atoms in total. The molecule has 2 amide bonds. The number of hydrogen-bond donors (Lipinski definition) is 1. The Labute approximate surface area is 122 Å². The predicted molar refractivity (Wildman–Crippen MR) is 79.0 cm³/mol. The van der Waals surface area contributed by atoms with Crippen molar-refractivity contribution in [3.8, 4) is 0 Å². The summed E-state index contributed by atoms with van der Waals surface area (Å²) in [6.07, 6.45) is 3.25. The third kappa shape index (κ3) is 2.50. The van der Waals surface area contributed by atoms with Gasteiger partial charge in [0.05, 0.1) is 17.8 Å². The number of carbonyl (C=O) groups excluding carboxylic acids is 2. The third-order valence-electron chi connectivity index (χ3n) is 3.62. The number of aromatic nitrogens is 1. The van der Waals surface area contributed by atoms with E-state index in [9.17, 15) is 9.59 Å². The number of nitrogens with zero attached hydrogens (tertiary/aromatic N) is 2. The number of fused-ring (bicyclic) bond motifs is 1. The van der Waals surface area contributed by atoms with Gasteiger partial charge in [-0.25, -0.2) is 0 Å². The Hall–Kier alpha value is -2.69. The number of nitrogens with one attached hydrogen (secondary N) is 1. The average molecular weight is 281 g/mol. The van der Waals surface area contributed by atoms with Crippen LogP contribution in [0.5, 0.6) is 0 Å². The van der Waals surface area contributed by atoms with E-state index in [1.54, 1.807) is 42.5 Å². The van der Waals surface area contributed by atoms with E-state index >= 15 is 0 Å². The summed E-state index contributed by atoms with van der Waals surface area (Å²) >= 11 is 0. The maximum absolute atomic E-state index is 12.5. The molecule has 0 aliphatic carbocycles. The summed E-state index contributed by atoms with van der Waals surface area (Å²) in [6.45, 7) is 0.377. The molecule has 1 atom stereocenters. The quantitative estimate of drug-likeness (QED) is 0.914. The molecule has 1 unspecified atom stereocenters. The molecule has 0 radical (unpaired) electrons. The molecule has 2 aromatic rings. The number of likely N-dealkylation sites (N-methyl/N-ethyl adjacent to an activating group) is 1. The van der Waals surface area contributed by atoms with Crippen LogP contribution in [0.15, 0.2) is 48.8 Å². The van der Waals surface area contributed by atoms with Crippen LogP contribution >= 0.6 is 0 Å². The van der Waals surface area contributed by atoms with E-state index in [1.807, 2.05) is 18.2 Å². The fourth-order valence-electron chi connectivity index (χ4n) is 2.55. The second-order valence-electron chi connectivity index (χ2n) is 5.06. The molecule has 1 aliphatic heterocycles. The lowest BCUT2D eigenvalue weighted by atomic mass is 9.89. The first-order chi connectivity index (χ1) is 10.2. The summed E-state index contributed by atoms with van der Waals surface area (Å²) in [4.78, 5) is 30.2. The lowest BCUT2D eigenvalue weighted by molar-refractivity contribution is -0.117. The first-order valence-electron chi connectivity index (χ1n) is 6.72. The molecular formula is C16H15N3O2. The smallest absolute Gasteiger partial charge is 0.253 e. The van der Waals surface area contributed by atoms with Crippen LogP contribution in [0, 0.1) is 0 Å². The van der Waals surface area contributed by atoms with Crippen molar-refractivity contribution in [3.05, 3.63) is 59.9 Å². The molecule has 3 rings (SSSR count). The summed E-state index contributed by atoms with van der Waals surface area (Å²) in [6, 6.07) is 10.8. The number of amides is 2. The van der Waals surface area contributed by atoms with Crippen molar-refractivity contribution in [1.29, 1.82) is 0 Å². The van der Waals surface area contributed by atoms with Gasteiger partial charge in [-0.05, 0) is 23.8 Å². The Morgan fingerprint density at radius 3 is 2.86 bits per heavy atom. The summed E-state index contributed by atoms with van der Waals surface area (Å²) in [5.74, 6) is -0.546. The van der Waals surface area contributed by atoms with E-state index in [-0.39, 0.29) is 17.7 Å². The van der Waals surface area contributed by atoms with Gasteiger partial charge in [-0.1, -0.05) is 18.2 Å². The minimum absolute atomic E-state index is 0.0453. The largest absolute Gasteiger partial charge is 0.341 e. The van der Waals surface area contributed by atoms with Crippen molar-refractivity contribution < 1.29 is 9.59 Å². The van der Waals surface area contributed by atoms with Crippen LogP contribution in [0.4, 0.5) is 5.69 Å². The van der Waals surface area contributed by atoms with Crippen LogP contribution in [-0.2, 0) is 4.79 Å². The molecule has 2 heterocycles. The Morgan fingerprint density at radius 2 is 2.10 bits per heavy atom. The van der Waals surface area contributed by atoms with Gasteiger partial charge in [0, 0.05) is 25.4 Å². The SMILES string of the molecule is CN1CC(C(=O)Nc2cccnc2)c2ccccc2C1=O. The first-order valence-corrected chi connectivity index (χ1v) is 6.72. The molecule has 0 bridgehead atoms. The van der Waals surface area contributed by atoms with Gasteiger partial charge in [-0.15, -0.1) is 0 Å². The molecule has 1 N–H and O–H groups in total. The molecule has 106 valence electrons. The van der Waals surface area contributed by atoms with Gasteiger partial charge in [0.15, 0.2) is 0 Å². The number of carbonyl (C=O) groups is 2. The van der Waals surface area contributed by atoms with Gasteiger partial charge in [-0.3, -0.25) is 14.6 Å². The fourth-order valence-corrected chi connectivity index (χ4v) is 2.55. The van der Waals surface area contributed by atoms with Crippen molar-refractivity contribution in [2.24, 2.45) is 0 Å². The Bertz CT molecular complexity index is 685. The molecular weight excluding hydrogens is 266 g/mol. The van der Waals surface area contributed by atoms with Crippen LogP contribution in [-0.4, -0.2) is 35.3 Å². The lowest BCUT2D eigenvalue weighted by Gasteiger charge is -2.31. The van der Waals surface area contributed by atoms with Crippen LogP contribution in [0.1, 0.15) is 21.8 Å². The molecule has 0 saturated heterocycles. The second kappa shape index (κ2) is 5.36. The monoisotopic (exact) mass is 281 g/mol. The van der Waals surface area contributed by atoms with E-state index in [0.717, 1.165) is 5.56 Å². The van der Waals surface area contributed by atoms with E-state index in [0.29, 0.717) is 17.8 Å². The highest BCUT2D eigenvalue weighted by Gasteiger charge is 2.33. The van der Waals surface area contributed by atoms with Gasteiger partial charge in [0.2, 0.25) is 5.91 Å². The molecule has 1 aliphatic rings. The summed E-state index contributed by atoms with van der Waals surface area (Å²) < 4.78 is 0. The highest BCUT2D eigenvalue weighted by molar-refractivity contribution is 6.03. The Balaban J connectivity index is 1.90. The maximum atomic E-state index is 12.5. The van der Waals surface area contributed by atoms with E-state index in [1.165, 1.54) is 0 Å². The van der Waals surface area contributed by atoms with E-state index in [2.05, 4.69) is 10.3 Å². The first kappa shape index (κ1) is 13.3. The van der Waals surface area contributed by atoms with Gasteiger partial charge in [0.1, 0.15) is 0 Å². The highest BCUT2D eigenvalue weighted by Crippen LogP contribution is 2.28. The van der Waals surface area contributed by atoms with Gasteiger partial charge in [0.25, 0.3) is 5.91 Å². The zero-order valence-corrected chi connectivity index (χ0v) is 11.6. The van der Waals surface area contributed by atoms with Crippen molar-refractivity contribution in [1.82, 2.24) is 9.88 Å². The number of benzene rings is 1. The standard InChI is InChI=1S/C16H15N3O2/c1-19-10-14(12-6-2-3-7-13(12)16(19)21)15(20)18-11-5-4-8-17-9-11/h2-9,14H,10H2,1H3,(H,18,20). The van der Waals surface area contributed by atoms with Gasteiger partial charge >= 0.3 is 0 Å². The summed E-state index contributed by atoms with van der Waals surface area (Å²) in [5, 5.41) is 2.85. The van der Waals surface area contributed by atoms with Crippen molar-refractivity contribution in [2.45, 2.75) is 5.92 Å². The lowest BCUT2D eigenvalue weighted by Crippen LogP contribution is -2.41. The van der Waals surface area contributed by atoms with Crippen molar-refractivity contribution in [2.75, 3.05) is 18.9 Å². The normalized spacial score (nSPS) is 17.3. The molecule has 0 saturated carbocycles. The highest BCUT2D eigenvalue weighted by atomic mass is 16.2. The van der Waals surface area contributed by atoms with Gasteiger partial charge < -0.3 is 10.2 Å². The average Bonchev–Trinajstić information content (AvgIpc) is 2.52. The number of anilines is 1. The molecule has 1 aromatic carbocycles. The zero-order chi connectivity index (χ0) is 14.8. The van der Waals surface area contributed by atoms with Crippen LogP contribution in [0.25, 0.3) is 0 Å². The van der Waals surface area contributed by atoms with Crippen LogP contribution in [0.2, 0.25) is 0 Å². The Morgan fingerprint density at radius 1 is 1.29 bits per heavy atom. The van der Waals surface area contributed by atoms with Gasteiger partial charge in [-0.2, -0.15) is 0 Å². The summed E-state index contributed by atoms with van der Waals surface area (Å²) in [5.41, 5.74) is 2.03. The van der Waals surface area contributed by atoms with Crippen molar-refractivity contribution >= 4 is 17.5 Å². The maximum Gasteiger partial charge on any atom is 0.253 e. The fraction of sp³-hybridized carbons (Fsp3) is 0.188. The molecule has 0 spiro atoms. The molecule has 5 heteroatoms. The molecule has 1 aromatic heterocycles. The number of hydrogen-bond acceptors (Lipinski definition) is 3. The van der Waals surface area contributed by atoms with Crippen LogP contribution < -0.4 is 5.32 Å². The zero-order valence-electron chi connectivity index (χ0n) is 11.6. The second-order valence-corrected chi connectivity index (χ2v) is 5.06. The predicted octanol–water partition coefficient (Wildman–Crippen LogP) is 1.89. The number of rotatable bonds is 2. The molecule has 0 fully saturated rings.